The fraction of sp³-hybridized carbons (Fsp3) is 0.800. The highest BCUT2D eigenvalue weighted by molar-refractivity contribution is 6.69. The molecule has 4 saturated carbocycles. The first-order chi connectivity index (χ1) is 23.4. The average molecular weight is 721 g/mol. The monoisotopic (exact) mass is 720 g/mol. The van der Waals surface area contributed by atoms with Gasteiger partial charge in [-0.1, -0.05) is 36.5 Å². The Bertz CT molecular complexity index is 1330. The molecule has 50 heavy (non-hydrogen) atoms. The van der Waals surface area contributed by atoms with Gasteiger partial charge in [0.25, 0.3) is 0 Å². The molecule has 8 rings (SSSR count). The Morgan fingerprint density at radius 2 is 1.50 bits per heavy atom. The van der Waals surface area contributed by atoms with Crippen LogP contribution in [0.15, 0.2) is 36.5 Å². The molecule has 6 nitrogen and oxygen atoms in total. The third kappa shape index (κ3) is 8.65. The first-order valence-corrected chi connectivity index (χ1v) is 22.7. The topological polar surface area (TPSA) is 82.1 Å². The Labute approximate surface area is 297 Å². The van der Waals surface area contributed by atoms with E-state index in [1.54, 1.807) is 0 Å². The number of fused-ring (bicyclic) bond motifs is 6. The minimum Gasteiger partial charge on any atom is -0.465 e. The molecule has 0 aromatic carbocycles. The highest BCUT2D eigenvalue weighted by Crippen LogP contribution is 2.50. The van der Waals surface area contributed by atoms with Crippen molar-refractivity contribution in [2.75, 3.05) is 6.61 Å². The molecule has 6 bridgehead atoms. The van der Waals surface area contributed by atoms with Crippen LogP contribution in [-0.2, 0) is 23.5 Å². The van der Waals surface area contributed by atoms with E-state index in [2.05, 4.69) is 56.9 Å². The third-order valence-electron chi connectivity index (χ3n) is 12.9. The van der Waals surface area contributed by atoms with Crippen LogP contribution in [0.4, 0.5) is 13.2 Å². The second-order valence-electron chi connectivity index (χ2n) is 18.2. The summed E-state index contributed by atoms with van der Waals surface area (Å²) in [4.78, 5) is 24.1. The molecule has 1 aliphatic heterocycles. The van der Waals surface area contributed by atoms with Crippen LogP contribution in [0, 0.1) is 59.2 Å². The lowest BCUT2D eigenvalue weighted by molar-refractivity contribution is -0.259. The molecule has 5 fully saturated rings. The fourth-order valence-corrected chi connectivity index (χ4v) is 11.4. The molecule has 10 heteroatoms. The molecule has 12 unspecified atom stereocenters. The van der Waals surface area contributed by atoms with E-state index in [9.17, 15) is 27.9 Å². The van der Waals surface area contributed by atoms with Crippen molar-refractivity contribution in [3.63, 3.8) is 0 Å². The zero-order valence-electron chi connectivity index (χ0n) is 30.6. The summed E-state index contributed by atoms with van der Waals surface area (Å²) in [6.45, 7) is 10.2. The molecule has 0 aromatic rings. The number of esters is 2. The van der Waals surface area contributed by atoms with E-state index in [4.69, 9.17) is 13.9 Å². The second kappa shape index (κ2) is 14.5. The molecule has 1 saturated heterocycles. The Hall–Kier alpha value is -1.91. The maximum absolute atomic E-state index is 12.5. The summed E-state index contributed by atoms with van der Waals surface area (Å²) >= 11 is 0. The Balaban J connectivity index is 0.000000131. The summed E-state index contributed by atoms with van der Waals surface area (Å²) in [6, 6.07) is 0. The zero-order chi connectivity index (χ0) is 36.1. The summed E-state index contributed by atoms with van der Waals surface area (Å²) < 4.78 is 54.8. The lowest BCUT2D eigenvalue weighted by Crippen LogP contribution is -2.44. The SMILES string of the molecule is CC(O)(CC1CC2C=CC1C2)C(F)(F)F.CC1(OC(=O)C2CC3C=CC2C3)CCCC1.C[Si](C)(C)OC(C1CCOC1=O)C1CC2C=CC1C2. The molecular formula is C40H59F3O6Si. The fourth-order valence-electron chi connectivity index (χ4n) is 10.2. The van der Waals surface area contributed by atoms with Crippen LogP contribution in [0.3, 0.4) is 0 Å². The normalized spacial score (nSPS) is 38.8. The van der Waals surface area contributed by atoms with Crippen molar-refractivity contribution in [1.82, 2.24) is 0 Å². The predicted molar refractivity (Wildman–Crippen MR) is 188 cm³/mol. The number of carbonyl (C=O) groups is 2. The number of cyclic esters (lactones) is 1. The summed E-state index contributed by atoms with van der Waals surface area (Å²) in [7, 11) is -1.64. The van der Waals surface area contributed by atoms with Gasteiger partial charge in [-0.25, -0.2) is 0 Å². The molecule has 0 aromatic heterocycles. The largest absolute Gasteiger partial charge is 0.465 e. The number of rotatable bonds is 8. The van der Waals surface area contributed by atoms with Gasteiger partial charge in [-0.2, -0.15) is 13.2 Å². The predicted octanol–water partition coefficient (Wildman–Crippen LogP) is 8.96. The number of alkyl halides is 3. The molecular weight excluding hydrogens is 662 g/mol. The van der Waals surface area contributed by atoms with Crippen LogP contribution in [0.2, 0.25) is 19.6 Å². The molecule has 0 spiro atoms. The van der Waals surface area contributed by atoms with Crippen LogP contribution in [0.5, 0.6) is 0 Å². The van der Waals surface area contributed by atoms with Crippen molar-refractivity contribution in [1.29, 1.82) is 0 Å². The van der Waals surface area contributed by atoms with E-state index in [0.29, 0.717) is 36.2 Å². The van der Waals surface area contributed by atoms with Crippen LogP contribution in [-0.4, -0.2) is 55.5 Å². The van der Waals surface area contributed by atoms with E-state index in [1.165, 1.54) is 32.1 Å². The number of allylic oxidation sites excluding steroid dienone is 6. The summed E-state index contributed by atoms with van der Waals surface area (Å²) in [5, 5.41) is 9.39. The van der Waals surface area contributed by atoms with Gasteiger partial charge in [0.05, 0.1) is 24.5 Å². The van der Waals surface area contributed by atoms with Gasteiger partial charge in [-0.15, -0.1) is 0 Å². The molecule has 7 aliphatic carbocycles. The van der Waals surface area contributed by atoms with Crippen molar-refractivity contribution < 1.29 is 41.8 Å². The van der Waals surface area contributed by atoms with Gasteiger partial charge < -0.3 is 19.0 Å². The zero-order valence-corrected chi connectivity index (χ0v) is 31.6. The minimum atomic E-state index is -4.52. The van der Waals surface area contributed by atoms with Crippen LogP contribution in [0.25, 0.3) is 0 Å². The van der Waals surface area contributed by atoms with Gasteiger partial charge in [0.1, 0.15) is 5.60 Å². The third-order valence-corrected chi connectivity index (χ3v) is 13.9. The van der Waals surface area contributed by atoms with Crippen LogP contribution >= 0.6 is 0 Å². The molecule has 1 heterocycles. The highest BCUT2D eigenvalue weighted by atomic mass is 28.4. The number of hydrogen-bond donors (Lipinski definition) is 1. The number of aliphatic hydroxyl groups is 1. The molecule has 280 valence electrons. The van der Waals surface area contributed by atoms with E-state index in [0.717, 1.165) is 51.4 Å². The molecule has 1 N–H and O–H groups in total. The van der Waals surface area contributed by atoms with Crippen molar-refractivity contribution in [3.8, 4) is 0 Å². The Morgan fingerprint density at radius 3 is 1.94 bits per heavy atom. The lowest BCUT2D eigenvalue weighted by atomic mass is 9.82. The molecule has 8 aliphatic rings. The first kappa shape index (κ1) is 37.8. The second-order valence-corrected chi connectivity index (χ2v) is 22.6. The van der Waals surface area contributed by atoms with Crippen molar-refractivity contribution in [2.24, 2.45) is 59.2 Å². The van der Waals surface area contributed by atoms with Crippen molar-refractivity contribution in [3.05, 3.63) is 36.5 Å². The van der Waals surface area contributed by atoms with Gasteiger partial charge in [0.2, 0.25) is 0 Å². The van der Waals surface area contributed by atoms with E-state index in [-0.39, 0.29) is 53.7 Å². The van der Waals surface area contributed by atoms with Crippen LogP contribution < -0.4 is 0 Å². The number of halogens is 3. The Kier molecular flexibility index (Phi) is 11.0. The molecule has 0 radical (unpaired) electrons. The standard InChI is InChI=1S/C15H24O3Si.C14H20O2.C11H15F3O/c1-19(2,3)18-14(12-6-7-17-15(12)16)13-9-10-4-5-11(13)8-10;1-14(6-2-3-7-14)16-13(15)12-9-10-4-5-11(12)8-10;1-10(15,11(12,13)14)6-9-5-7-2-3-8(9)4-7/h4-5,10-14H,6-9H2,1-3H3;4-5,10-12H,2-3,6-9H2,1H3;2-3,7-9,15H,4-6H2,1H3. The quantitative estimate of drug-likeness (QED) is 0.153. The maximum Gasteiger partial charge on any atom is 0.416 e. The van der Waals surface area contributed by atoms with Crippen LogP contribution in [0.1, 0.15) is 90.9 Å². The van der Waals surface area contributed by atoms with Gasteiger partial charge in [0, 0.05) is 0 Å². The maximum atomic E-state index is 12.5. The minimum absolute atomic E-state index is 0.00313. The summed E-state index contributed by atoms with van der Waals surface area (Å²) in [5.74, 6) is 3.87. The number of hydrogen-bond acceptors (Lipinski definition) is 6. The van der Waals surface area contributed by atoms with Gasteiger partial charge >= 0.3 is 18.1 Å². The Morgan fingerprint density at radius 1 is 0.920 bits per heavy atom. The van der Waals surface area contributed by atoms with E-state index < -0.39 is 20.1 Å². The summed E-state index contributed by atoms with van der Waals surface area (Å²) in [6.07, 6.45) is 20.5. The van der Waals surface area contributed by atoms with Crippen molar-refractivity contribution >= 4 is 20.3 Å². The van der Waals surface area contributed by atoms with Gasteiger partial charge in [-0.05, 0) is 158 Å². The molecule has 0 amide bonds. The summed E-state index contributed by atoms with van der Waals surface area (Å²) in [5.41, 5.74) is -2.68. The van der Waals surface area contributed by atoms with Gasteiger partial charge in [0.15, 0.2) is 13.9 Å². The first-order valence-electron chi connectivity index (χ1n) is 19.3. The number of ether oxygens (including phenoxy) is 2. The number of carbonyl (C=O) groups excluding carboxylic acids is 2. The average Bonchev–Trinajstić information content (AvgIpc) is 3.87. The lowest BCUT2D eigenvalue weighted by Gasteiger charge is -2.36. The van der Waals surface area contributed by atoms with Crippen molar-refractivity contribution in [2.45, 2.75) is 134 Å². The highest BCUT2D eigenvalue weighted by Gasteiger charge is 2.53. The van der Waals surface area contributed by atoms with Gasteiger partial charge in [-0.3, -0.25) is 9.59 Å². The van der Waals surface area contributed by atoms with E-state index in [1.807, 2.05) is 6.08 Å². The van der Waals surface area contributed by atoms with E-state index >= 15 is 0 Å². The molecule has 12 atom stereocenters. The smallest absolute Gasteiger partial charge is 0.416 e.